The molecular weight excluding hydrogens is 282 g/mol. The maximum atomic E-state index is 5.63. The lowest BCUT2D eigenvalue weighted by molar-refractivity contribution is 0.101. The number of hydrogen-bond donors (Lipinski definition) is 1. The summed E-state index contributed by atoms with van der Waals surface area (Å²) in [5.41, 5.74) is 0. The lowest BCUT2D eigenvalue weighted by atomic mass is 10.0. The summed E-state index contributed by atoms with van der Waals surface area (Å²) in [7, 11) is 1.98. The van der Waals surface area contributed by atoms with E-state index in [1.165, 1.54) is 25.7 Å². The summed E-state index contributed by atoms with van der Waals surface area (Å²) in [6.45, 7) is 0.950. The van der Waals surface area contributed by atoms with Crippen LogP contribution < -0.4 is 5.32 Å². The molecule has 0 radical (unpaired) electrons. The Kier molecular flexibility index (Phi) is 5.07. The van der Waals surface area contributed by atoms with Gasteiger partial charge in [0.1, 0.15) is 5.76 Å². The molecule has 17 heavy (non-hydrogen) atoms. The molecule has 4 heteroatoms. The molecule has 1 aliphatic heterocycles. The van der Waals surface area contributed by atoms with Crippen molar-refractivity contribution in [2.45, 2.75) is 44.2 Å². The van der Waals surface area contributed by atoms with Crippen LogP contribution in [0.2, 0.25) is 0 Å². The molecule has 1 aromatic heterocycles. The Hall–Kier alpha value is -0.320. The van der Waals surface area contributed by atoms with Gasteiger partial charge in [0.2, 0.25) is 0 Å². The minimum absolute atomic E-state index is 0.308. The van der Waals surface area contributed by atoms with Gasteiger partial charge in [-0.1, -0.05) is 0 Å². The molecule has 0 spiro atoms. The summed E-state index contributed by atoms with van der Waals surface area (Å²) in [6, 6.07) is 4.28. The van der Waals surface area contributed by atoms with E-state index in [4.69, 9.17) is 9.15 Å². The molecular formula is C13H20BrNO2. The van der Waals surface area contributed by atoms with E-state index in [0.29, 0.717) is 12.1 Å². The first-order valence-electron chi connectivity index (χ1n) is 6.33. The van der Waals surface area contributed by atoms with Crippen molar-refractivity contribution in [2.24, 2.45) is 0 Å². The first-order valence-corrected chi connectivity index (χ1v) is 7.13. The second-order valence-corrected chi connectivity index (χ2v) is 5.33. The van der Waals surface area contributed by atoms with E-state index in [9.17, 15) is 0 Å². The van der Waals surface area contributed by atoms with E-state index in [0.717, 1.165) is 23.5 Å². The van der Waals surface area contributed by atoms with Gasteiger partial charge in [-0.3, -0.25) is 0 Å². The molecule has 96 valence electrons. The highest BCUT2D eigenvalue weighted by atomic mass is 79.9. The topological polar surface area (TPSA) is 34.4 Å². The highest BCUT2D eigenvalue weighted by Crippen LogP contribution is 2.25. The Morgan fingerprint density at radius 1 is 1.53 bits per heavy atom. The lowest BCUT2D eigenvalue weighted by Crippen LogP contribution is -2.16. The van der Waals surface area contributed by atoms with Gasteiger partial charge in [0.05, 0.1) is 12.1 Å². The Bertz CT molecular complexity index is 334. The van der Waals surface area contributed by atoms with Crippen LogP contribution in [-0.2, 0) is 4.74 Å². The Balaban J connectivity index is 1.75. The van der Waals surface area contributed by atoms with E-state index in [1.807, 2.05) is 19.2 Å². The first-order chi connectivity index (χ1) is 8.29. The van der Waals surface area contributed by atoms with Gasteiger partial charge in [0, 0.05) is 6.61 Å². The van der Waals surface area contributed by atoms with Crippen molar-refractivity contribution in [3.63, 3.8) is 0 Å². The Morgan fingerprint density at radius 3 is 3.00 bits per heavy atom. The molecule has 2 atom stereocenters. The zero-order valence-corrected chi connectivity index (χ0v) is 11.8. The average Bonchev–Trinajstić information content (AvgIpc) is 2.96. The van der Waals surface area contributed by atoms with E-state index in [-0.39, 0.29) is 0 Å². The minimum atomic E-state index is 0.308. The van der Waals surface area contributed by atoms with Gasteiger partial charge in [-0.2, -0.15) is 0 Å². The SMILES string of the molecule is CNC(CCCC1CCCO1)c1ccc(Br)o1. The number of halogens is 1. The van der Waals surface area contributed by atoms with Crippen LogP contribution in [0, 0.1) is 0 Å². The number of rotatable bonds is 6. The third-order valence-corrected chi connectivity index (χ3v) is 3.75. The van der Waals surface area contributed by atoms with Crippen LogP contribution in [0.3, 0.4) is 0 Å². The molecule has 1 saturated heterocycles. The summed E-state index contributed by atoms with van der Waals surface area (Å²) in [4.78, 5) is 0. The van der Waals surface area contributed by atoms with E-state index in [2.05, 4.69) is 21.2 Å². The molecule has 0 saturated carbocycles. The zero-order chi connectivity index (χ0) is 12.1. The van der Waals surface area contributed by atoms with Gasteiger partial charge in [0.15, 0.2) is 4.67 Å². The van der Waals surface area contributed by atoms with Crippen LogP contribution in [0.15, 0.2) is 21.2 Å². The summed E-state index contributed by atoms with van der Waals surface area (Å²) in [5.74, 6) is 1.01. The fourth-order valence-electron chi connectivity index (χ4n) is 2.37. The third-order valence-electron chi connectivity index (χ3n) is 3.33. The van der Waals surface area contributed by atoms with Crippen LogP contribution in [0.25, 0.3) is 0 Å². The van der Waals surface area contributed by atoms with Gasteiger partial charge >= 0.3 is 0 Å². The molecule has 0 amide bonds. The van der Waals surface area contributed by atoms with Crippen molar-refractivity contribution in [3.05, 3.63) is 22.6 Å². The molecule has 0 bridgehead atoms. The normalized spacial score (nSPS) is 21.9. The molecule has 2 heterocycles. The summed E-state index contributed by atoms with van der Waals surface area (Å²) < 4.78 is 12.0. The summed E-state index contributed by atoms with van der Waals surface area (Å²) >= 11 is 3.34. The predicted molar refractivity (Wildman–Crippen MR) is 71.0 cm³/mol. The van der Waals surface area contributed by atoms with E-state index >= 15 is 0 Å². The smallest absolute Gasteiger partial charge is 0.169 e. The number of nitrogens with one attached hydrogen (secondary N) is 1. The molecule has 2 rings (SSSR count). The Labute approximate surface area is 111 Å². The molecule has 0 aromatic carbocycles. The maximum Gasteiger partial charge on any atom is 0.169 e. The van der Waals surface area contributed by atoms with E-state index < -0.39 is 0 Å². The fourth-order valence-corrected chi connectivity index (χ4v) is 2.69. The van der Waals surface area contributed by atoms with Crippen molar-refractivity contribution in [2.75, 3.05) is 13.7 Å². The minimum Gasteiger partial charge on any atom is -0.453 e. The third kappa shape index (κ3) is 3.83. The van der Waals surface area contributed by atoms with Gasteiger partial charge in [-0.25, -0.2) is 0 Å². The molecule has 1 N–H and O–H groups in total. The van der Waals surface area contributed by atoms with Crippen LogP contribution >= 0.6 is 15.9 Å². The highest BCUT2D eigenvalue weighted by Gasteiger charge is 2.17. The number of furan rings is 1. The van der Waals surface area contributed by atoms with Gasteiger partial charge in [-0.05, 0) is 67.2 Å². The summed E-state index contributed by atoms with van der Waals surface area (Å²) in [6.07, 6.45) is 6.39. The largest absolute Gasteiger partial charge is 0.453 e. The van der Waals surface area contributed by atoms with Crippen molar-refractivity contribution >= 4 is 15.9 Å². The van der Waals surface area contributed by atoms with Gasteiger partial charge < -0.3 is 14.5 Å². The van der Waals surface area contributed by atoms with Crippen molar-refractivity contribution in [1.82, 2.24) is 5.32 Å². The lowest BCUT2D eigenvalue weighted by Gasteiger charge is -2.15. The average molecular weight is 302 g/mol. The molecule has 3 nitrogen and oxygen atoms in total. The predicted octanol–water partition coefficient (Wildman–Crippen LogP) is 3.65. The van der Waals surface area contributed by atoms with Crippen LogP contribution in [-0.4, -0.2) is 19.8 Å². The fraction of sp³-hybridized carbons (Fsp3) is 0.692. The van der Waals surface area contributed by atoms with E-state index in [1.54, 1.807) is 0 Å². The molecule has 2 unspecified atom stereocenters. The summed E-state index contributed by atoms with van der Waals surface area (Å²) in [5, 5.41) is 3.30. The van der Waals surface area contributed by atoms with Crippen molar-refractivity contribution < 1.29 is 9.15 Å². The standard InChI is InChI=1S/C13H20BrNO2/c1-15-11(12-7-8-13(14)17-12)6-2-4-10-5-3-9-16-10/h7-8,10-11,15H,2-6,9H2,1H3. The van der Waals surface area contributed by atoms with Crippen molar-refractivity contribution in [3.8, 4) is 0 Å². The number of hydrogen-bond acceptors (Lipinski definition) is 3. The zero-order valence-electron chi connectivity index (χ0n) is 10.2. The highest BCUT2D eigenvalue weighted by molar-refractivity contribution is 9.10. The second kappa shape index (κ2) is 6.57. The molecule has 1 aromatic rings. The van der Waals surface area contributed by atoms with Crippen LogP contribution in [0.1, 0.15) is 43.9 Å². The van der Waals surface area contributed by atoms with Crippen LogP contribution in [0.5, 0.6) is 0 Å². The second-order valence-electron chi connectivity index (χ2n) is 4.55. The quantitative estimate of drug-likeness (QED) is 0.871. The van der Waals surface area contributed by atoms with Gasteiger partial charge in [0.25, 0.3) is 0 Å². The first kappa shape index (κ1) is 13.1. The van der Waals surface area contributed by atoms with Gasteiger partial charge in [-0.15, -0.1) is 0 Å². The number of ether oxygens (including phenoxy) is 1. The maximum absolute atomic E-state index is 5.63. The molecule has 0 aliphatic carbocycles. The molecule has 1 aliphatic rings. The van der Waals surface area contributed by atoms with Crippen LogP contribution in [0.4, 0.5) is 0 Å². The van der Waals surface area contributed by atoms with Crippen molar-refractivity contribution in [1.29, 1.82) is 0 Å². The Morgan fingerprint density at radius 2 is 2.41 bits per heavy atom. The molecule has 1 fully saturated rings. The monoisotopic (exact) mass is 301 g/mol.